The Hall–Kier alpha value is -0.650. The van der Waals surface area contributed by atoms with Crippen LogP contribution in [0.5, 0.6) is 0 Å². The molecule has 1 amide bonds. The van der Waals surface area contributed by atoms with Crippen LogP contribution in [0.15, 0.2) is 0 Å². The minimum Gasteiger partial charge on any atom is -0.368 e. The van der Waals surface area contributed by atoms with Crippen LogP contribution in [-0.2, 0) is 4.79 Å². The van der Waals surface area contributed by atoms with Gasteiger partial charge in [-0.05, 0) is 45.8 Å². The van der Waals surface area contributed by atoms with Crippen molar-refractivity contribution in [2.24, 2.45) is 5.73 Å². The van der Waals surface area contributed by atoms with E-state index in [1.54, 1.807) is 0 Å². The van der Waals surface area contributed by atoms with Gasteiger partial charge in [0, 0.05) is 25.2 Å². The Morgan fingerprint density at radius 2 is 2.16 bits per heavy atom. The number of nitrogens with zero attached hydrogens (tertiary/aromatic N) is 2. The summed E-state index contributed by atoms with van der Waals surface area (Å²) in [6.07, 6.45) is 4.66. The molecule has 110 valence electrons. The Kier molecular flexibility index (Phi) is 5.19. The van der Waals surface area contributed by atoms with Crippen molar-refractivity contribution in [3.63, 3.8) is 0 Å². The molecule has 2 rings (SSSR count). The van der Waals surface area contributed by atoms with Gasteiger partial charge in [-0.15, -0.1) is 0 Å². The molecular weight excluding hydrogens is 240 g/mol. The summed E-state index contributed by atoms with van der Waals surface area (Å²) in [6.45, 7) is 6.29. The molecule has 2 aliphatic rings. The second kappa shape index (κ2) is 6.68. The number of rotatable bonds is 6. The maximum atomic E-state index is 11.6. The second-order valence-corrected chi connectivity index (χ2v) is 6.07. The van der Waals surface area contributed by atoms with Gasteiger partial charge in [0.05, 0.1) is 6.04 Å². The Bertz CT molecular complexity index is 306. The average Bonchev–Trinajstić information content (AvgIpc) is 3.17. The summed E-state index contributed by atoms with van der Waals surface area (Å²) in [5.41, 5.74) is 5.54. The number of hydrogen-bond acceptors (Lipinski definition) is 4. The molecule has 1 saturated carbocycles. The molecule has 0 aromatic rings. The molecule has 1 saturated heterocycles. The molecule has 0 spiro atoms. The monoisotopic (exact) mass is 268 g/mol. The first-order valence-electron chi connectivity index (χ1n) is 7.58. The van der Waals surface area contributed by atoms with Gasteiger partial charge in [-0.25, -0.2) is 0 Å². The van der Waals surface area contributed by atoms with Crippen LogP contribution in [0.3, 0.4) is 0 Å². The fourth-order valence-electron chi connectivity index (χ4n) is 2.91. The molecule has 1 heterocycles. The first-order chi connectivity index (χ1) is 9.10. The third-order valence-corrected chi connectivity index (χ3v) is 4.27. The standard InChI is InChI=1S/C14H28N4O/c1-3-12-9-17(2)7-4-8-18(12)10-13(14(15)19)16-11-5-6-11/h11-13,16H,3-10H2,1-2H3,(H2,15,19). The van der Waals surface area contributed by atoms with Crippen molar-refractivity contribution >= 4 is 5.91 Å². The van der Waals surface area contributed by atoms with Gasteiger partial charge in [0.15, 0.2) is 0 Å². The highest BCUT2D eigenvalue weighted by Gasteiger charge is 2.31. The van der Waals surface area contributed by atoms with Crippen LogP contribution in [0.4, 0.5) is 0 Å². The zero-order valence-electron chi connectivity index (χ0n) is 12.3. The van der Waals surface area contributed by atoms with Crippen molar-refractivity contribution in [3.05, 3.63) is 0 Å². The zero-order valence-corrected chi connectivity index (χ0v) is 12.3. The fraction of sp³-hybridized carbons (Fsp3) is 0.929. The van der Waals surface area contributed by atoms with E-state index in [2.05, 4.69) is 29.1 Å². The topological polar surface area (TPSA) is 61.6 Å². The number of primary amides is 1. The predicted molar refractivity (Wildman–Crippen MR) is 76.9 cm³/mol. The number of hydrogen-bond donors (Lipinski definition) is 2. The molecule has 0 bridgehead atoms. The maximum absolute atomic E-state index is 11.6. The zero-order chi connectivity index (χ0) is 13.8. The summed E-state index contributed by atoms with van der Waals surface area (Å²) in [5.74, 6) is -0.209. The molecule has 0 aromatic heterocycles. The molecule has 0 aromatic carbocycles. The Morgan fingerprint density at radius 3 is 2.74 bits per heavy atom. The van der Waals surface area contributed by atoms with Gasteiger partial charge in [-0.2, -0.15) is 0 Å². The Morgan fingerprint density at radius 1 is 1.42 bits per heavy atom. The van der Waals surface area contributed by atoms with Crippen LogP contribution in [0, 0.1) is 0 Å². The maximum Gasteiger partial charge on any atom is 0.235 e. The minimum absolute atomic E-state index is 0.190. The molecule has 2 atom stereocenters. The number of likely N-dealkylation sites (N-methyl/N-ethyl adjacent to an activating group) is 1. The summed E-state index contributed by atoms with van der Waals surface area (Å²) in [7, 11) is 2.18. The summed E-state index contributed by atoms with van der Waals surface area (Å²) >= 11 is 0. The number of carbonyl (C=O) groups is 1. The van der Waals surface area contributed by atoms with Crippen molar-refractivity contribution in [2.45, 2.75) is 50.7 Å². The van der Waals surface area contributed by atoms with Gasteiger partial charge >= 0.3 is 0 Å². The van der Waals surface area contributed by atoms with Gasteiger partial charge < -0.3 is 16.0 Å². The number of carbonyl (C=O) groups excluding carboxylic acids is 1. The van der Waals surface area contributed by atoms with Gasteiger partial charge in [-0.1, -0.05) is 6.92 Å². The fourth-order valence-corrected chi connectivity index (χ4v) is 2.91. The highest BCUT2D eigenvalue weighted by Crippen LogP contribution is 2.20. The van der Waals surface area contributed by atoms with E-state index >= 15 is 0 Å². The number of nitrogens with two attached hydrogens (primary N) is 1. The van der Waals surface area contributed by atoms with E-state index in [0.29, 0.717) is 12.1 Å². The van der Waals surface area contributed by atoms with Crippen molar-refractivity contribution in [2.75, 3.05) is 33.2 Å². The van der Waals surface area contributed by atoms with Crippen molar-refractivity contribution in [1.82, 2.24) is 15.1 Å². The molecule has 5 nitrogen and oxygen atoms in total. The first-order valence-corrected chi connectivity index (χ1v) is 7.58. The molecule has 2 fully saturated rings. The van der Waals surface area contributed by atoms with Gasteiger partial charge in [-0.3, -0.25) is 9.69 Å². The minimum atomic E-state index is -0.209. The highest BCUT2D eigenvalue weighted by molar-refractivity contribution is 5.80. The number of nitrogens with one attached hydrogen (secondary N) is 1. The van der Waals surface area contributed by atoms with Crippen molar-refractivity contribution in [1.29, 1.82) is 0 Å². The molecule has 2 unspecified atom stereocenters. The third-order valence-electron chi connectivity index (χ3n) is 4.27. The van der Waals surface area contributed by atoms with Crippen LogP contribution in [0.1, 0.15) is 32.6 Å². The van der Waals surface area contributed by atoms with Crippen LogP contribution >= 0.6 is 0 Å². The lowest BCUT2D eigenvalue weighted by Crippen LogP contribution is -2.53. The van der Waals surface area contributed by atoms with E-state index in [-0.39, 0.29) is 11.9 Å². The predicted octanol–water partition coefficient (Wildman–Crippen LogP) is 0.00840. The van der Waals surface area contributed by atoms with Gasteiger partial charge in [0.1, 0.15) is 0 Å². The van der Waals surface area contributed by atoms with Crippen molar-refractivity contribution in [3.8, 4) is 0 Å². The molecule has 5 heteroatoms. The SMILES string of the molecule is CCC1CN(C)CCCN1CC(NC1CC1)C(N)=O. The summed E-state index contributed by atoms with van der Waals surface area (Å²) < 4.78 is 0. The van der Waals surface area contributed by atoms with E-state index < -0.39 is 0 Å². The summed E-state index contributed by atoms with van der Waals surface area (Å²) in [6, 6.07) is 0.868. The van der Waals surface area contributed by atoms with Crippen LogP contribution < -0.4 is 11.1 Å². The van der Waals surface area contributed by atoms with Crippen LogP contribution in [-0.4, -0.2) is 67.1 Å². The highest BCUT2D eigenvalue weighted by atomic mass is 16.1. The molecule has 3 N–H and O–H groups in total. The largest absolute Gasteiger partial charge is 0.368 e. The lowest BCUT2D eigenvalue weighted by molar-refractivity contribution is -0.120. The Balaban J connectivity index is 1.94. The molecule has 1 aliphatic heterocycles. The quantitative estimate of drug-likeness (QED) is 0.712. The van der Waals surface area contributed by atoms with E-state index in [4.69, 9.17) is 5.73 Å². The summed E-state index contributed by atoms with van der Waals surface area (Å²) in [5, 5.41) is 3.38. The van der Waals surface area contributed by atoms with Crippen LogP contribution in [0.2, 0.25) is 0 Å². The smallest absolute Gasteiger partial charge is 0.235 e. The molecule has 19 heavy (non-hydrogen) atoms. The molecule has 1 aliphatic carbocycles. The van der Waals surface area contributed by atoms with E-state index in [9.17, 15) is 4.79 Å². The normalized spacial score (nSPS) is 28.0. The van der Waals surface area contributed by atoms with Crippen molar-refractivity contribution < 1.29 is 4.79 Å². The van der Waals surface area contributed by atoms with Gasteiger partial charge in [0.2, 0.25) is 5.91 Å². The third kappa shape index (κ3) is 4.44. The Labute approximate surface area is 116 Å². The van der Waals surface area contributed by atoms with Gasteiger partial charge in [0.25, 0.3) is 0 Å². The van der Waals surface area contributed by atoms with E-state index in [1.165, 1.54) is 19.3 Å². The average molecular weight is 268 g/mol. The lowest BCUT2D eigenvalue weighted by Gasteiger charge is -2.32. The lowest BCUT2D eigenvalue weighted by atomic mass is 10.1. The number of amides is 1. The molecule has 0 radical (unpaired) electrons. The van der Waals surface area contributed by atoms with Crippen LogP contribution in [0.25, 0.3) is 0 Å². The summed E-state index contributed by atoms with van der Waals surface area (Å²) in [4.78, 5) is 16.4. The first kappa shape index (κ1) is 14.8. The van der Waals surface area contributed by atoms with E-state index in [0.717, 1.165) is 32.6 Å². The molecular formula is C14H28N4O. The van der Waals surface area contributed by atoms with E-state index in [1.807, 2.05) is 0 Å². The second-order valence-electron chi connectivity index (χ2n) is 6.07.